The molecular weight excluding hydrogens is 232 g/mol. The number of benzene rings is 1. The van der Waals surface area contributed by atoms with Crippen LogP contribution in [0.5, 0.6) is 11.5 Å². The summed E-state index contributed by atoms with van der Waals surface area (Å²) in [5.74, 6) is 0.734. The van der Waals surface area contributed by atoms with E-state index in [-0.39, 0.29) is 5.91 Å². The first kappa shape index (κ1) is 13.8. The summed E-state index contributed by atoms with van der Waals surface area (Å²) in [5.41, 5.74) is -0.520. The van der Waals surface area contributed by atoms with Crippen molar-refractivity contribution in [3.63, 3.8) is 0 Å². The maximum Gasteiger partial charge on any atom is 0.244 e. The number of ether oxygens (including phenoxy) is 2. The molecule has 0 bridgehead atoms. The molecule has 0 saturated carbocycles. The molecule has 0 unspecified atom stereocenters. The van der Waals surface area contributed by atoms with E-state index in [0.717, 1.165) is 0 Å². The minimum absolute atomic E-state index is 0.364. The Bertz CT molecular complexity index is 489. The third-order valence-corrected chi connectivity index (χ3v) is 2.49. The quantitative estimate of drug-likeness (QED) is 0.886. The predicted octanol–water partition coefficient (Wildman–Crippen LogP) is 2.19. The highest BCUT2D eigenvalue weighted by Gasteiger charge is 2.27. The number of nitrogens with one attached hydrogen (secondary N) is 1. The van der Waals surface area contributed by atoms with Crippen molar-refractivity contribution in [2.45, 2.75) is 13.8 Å². The van der Waals surface area contributed by atoms with Crippen LogP contribution in [-0.2, 0) is 4.79 Å². The molecule has 0 fully saturated rings. The first-order valence-electron chi connectivity index (χ1n) is 5.39. The molecule has 1 aromatic carbocycles. The standard InChI is InChI=1S/C13H16N2O3/c1-13(2,8-14)12(16)15-9-5-6-10(17-3)11(7-9)18-4/h5-7H,1-4H3,(H,15,16). The Balaban J connectivity index is 2.94. The Hall–Kier alpha value is -2.22. The molecule has 1 amide bonds. The van der Waals surface area contributed by atoms with E-state index in [2.05, 4.69) is 5.32 Å². The van der Waals surface area contributed by atoms with Crippen LogP contribution >= 0.6 is 0 Å². The van der Waals surface area contributed by atoms with Crippen molar-refractivity contribution in [1.82, 2.24) is 0 Å². The fourth-order valence-electron chi connectivity index (χ4n) is 1.25. The highest BCUT2D eigenvalue weighted by molar-refractivity contribution is 5.96. The van der Waals surface area contributed by atoms with Crippen molar-refractivity contribution in [3.05, 3.63) is 18.2 Å². The highest BCUT2D eigenvalue weighted by Crippen LogP contribution is 2.30. The van der Waals surface area contributed by atoms with Gasteiger partial charge in [0.2, 0.25) is 5.91 Å². The van der Waals surface area contributed by atoms with Crippen LogP contribution in [0, 0.1) is 16.7 Å². The van der Waals surface area contributed by atoms with Crippen molar-refractivity contribution in [1.29, 1.82) is 5.26 Å². The van der Waals surface area contributed by atoms with E-state index in [1.54, 1.807) is 32.0 Å². The van der Waals surface area contributed by atoms with Crippen LogP contribution in [0.3, 0.4) is 0 Å². The maximum absolute atomic E-state index is 11.8. The average Bonchev–Trinajstić information content (AvgIpc) is 2.38. The van der Waals surface area contributed by atoms with Gasteiger partial charge in [-0.2, -0.15) is 5.26 Å². The van der Waals surface area contributed by atoms with Crippen LogP contribution in [0.1, 0.15) is 13.8 Å². The molecule has 0 aliphatic heterocycles. The van der Waals surface area contributed by atoms with Gasteiger partial charge < -0.3 is 14.8 Å². The molecule has 5 heteroatoms. The lowest BCUT2D eigenvalue weighted by Gasteiger charge is -2.16. The van der Waals surface area contributed by atoms with E-state index >= 15 is 0 Å². The Morgan fingerprint density at radius 3 is 2.39 bits per heavy atom. The molecule has 5 nitrogen and oxygen atoms in total. The van der Waals surface area contributed by atoms with Crippen LogP contribution < -0.4 is 14.8 Å². The molecule has 1 aromatic rings. The van der Waals surface area contributed by atoms with Gasteiger partial charge in [0.05, 0.1) is 20.3 Å². The number of rotatable bonds is 4. The molecule has 0 atom stereocenters. The number of carbonyl (C=O) groups is 1. The number of amides is 1. The lowest BCUT2D eigenvalue weighted by Crippen LogP contribution is -2.29. The summed E-state index contributed by atoms with van der Waals surface area (Å²) < 4.78 is 10.2. The van der Waals surface area contributed by atoms with Gasteiger partial charge in [-0.05, 0) is 26.0 Å². The normalized spacial score (nSPS) is 10.4. The smallest absolute Gasteiger partial charge is 0.244 e. The lowest BCUT2D eigenvalue weighted by atomic mass is 9.94. The van der Waals surface area contributed by atoms with E-state index in [4.69, 9.17) is 14.7 Å². The second-order valence-electron chi connectivity index (χ2n) is 4.26. The maximum atomic E-state index is 11.8. The summed E-state index contributed by atoms with van der Waals surface area (Å²) in [6, 6.07) is 6.96. The largest absolute Gasteiger partial charge is 0.493 e. The van der Waals surface area contributed by atoms with E-state index in [9.17, 15) is 4.79 Å². The van der Waals surface area contributed by atoms with Crippen LogP contribution in [0.4, 0.5) is 5.69 Å². The molecule has 0 spiro atoms. The van der Waals surface area contributed by atoms with Gasteiger partial charge in [-0.3, -0.25) is 4.79 Å². The number of nitriles is 1. The summed E-state index contributed by atoms with van der Waals surface area (Å²) in [6.07, 6.45) is 0. The first-order chi connectivity index (χ1) is 8.44. The van der Waals surface area contributed by atoms with E-state index in [0.29, 0.717) is 17.2 Å². The van der Waals surface area contributed by atoms with Crippen molar-refractivity contribution in [2.75, 3.05) is 19.5 Å². The molecule has 0 aliphatic carbocycles. The SMILES string of the molecule is COc1ccc(NC(=O)C(C)(C)C#N)cc1OC. The Labute approximate surface area is 106 Å². The summed E-state index contributed by atoms with van der Waals surface area (Å²) in [4.78, 5) is 11.8. The van der Waals surface area contributed by atoms with Gasteiger partial charge in [0.25, 0.3) is 0 Å². The van der Waals surface area contributed by atoms with Crippen molar-refractivity contribution in [2.24, 2.45) is 5.41 Å². The Morgan fingerprint density at radius 1 is 1.28 bits per heavy atom. The Morgan fingerprint density at radius 2 is 1.89 bits per heavy atom. The molecule has 18 heavy (non-hydrogen) atoms. The minimum atomic E-state index is -1.08. The zero-order chi connectivity index (χ0) is 13.8. The van der Waals surface area contributed by atoms with Gasteiger partial charge in [0, 0.05) is 11.8 Å². The summed E-state index contributed by atoms with van der Waals surface area (Å²) in [5, 5.41) is 11.5. The molecule has 1 rings (SSSR count). The number of anilines is 1. The molecule has 0 aromatic heterocycles. The molecule has 0 saturated heterocycles. The number of nitrogens with zero attached hydrogens (tertiary/aromatic N) is 1. The molecular formula is C13H16N2O3. The summed E-state index contributed by atoms with van der Waals surface area (Å²) in [7, 11) is 3.05. The van der Waals surface area contributed by atoms with E-state index in [1.807, 2.05) is 6.07 Å². The van der Waals surface area contributed by atoms with Gasteiger partial charge in [-0.25, -0.2) is 0 Å². The van der Waals surface area contributed by atoms with Gasteiger partial charge in [0.15, 0.2) is 11.5 Å². The first-order valence-corrected chi connectivity index (χ1v) is 5.39. The van der Waals surface area contributed by atoms with Crippen molar-refractivity contribution in [3.8, 4) is 17.6 Å². The number of carbonyl (C=O) groups excluding carboxylic acids is 1. The molecule has 1 N–H and O–H groups in total. The van der Waals surface area contributed by atoms with Gasteiger partial charge in [-0.1, -0.05) is 0 Å². The number of hydrogen-bond acceptors (Lipinski definition) is 4. The van der Waals surface area contributed by atoms with Crippen molar-refractivity contribution >= 4 is 11.6 Å². The van der Waals surface area contributed by atoms with E-state index < -0.39 is 5.41 Å². The zero-order valence-electron chi connectivity index (χ0n) is 10.9. The summed E-state index contributed by atoms with van der Waals surface area (Å²) in [6.45, 7) is 3.12. The number of methoxy groups -OCH3 is 2. The van der Waals surface area contributed by atoms with E-state index in [1.165, 1.54) is 14.2 Å². The summed E-state index contributed by atoms with van der Waals surface area (Å²) >= 11 is 0. The van der Waals surface area contributed by atoms with Gasteiger partial charge >= 0.3 is 0 Å². The Kier molecular flexibility index (Phi) is 4.16. The fourth-order valence-corrected chi connectivity index (χ4v) is 1.25. The van der Waals surface area contributed by atoms with Gasteiger partial charge in [-0.15, -0.1) is 0 Å². The molecule has 0 heterocycles. The molecule has 96 valence electrons. The fraction of sp³-hybridized carbons (Fsp3) is 0.385. The zero-order valence-corrected chi connectivity index (χ0v) is 10.9. The second kappa shape index (κ2) is 5.41. The molecule has 0 radical (unpaired) electrons. The lowest BCUT2D eigenvalue weighted by molar-refractivity contribution is -0.121. The minimum Gasteiger partial charge on any atom is -0.493 e. The van der Waals surface area contributed by atoms with Crippen LogP contribution in [0.25, 0.3) is 0 Å². The van der Waals surface area contributed by atoms with Crippen molar-refractivity contribution < 1.29 is 14.3 Å². The van der Waals surface area contributed by atoms with Crippen LogP contribution in [-0.4, -0.2) is 20.1 Å². The second-order valence-corrected chi connectivity index (χ2v) is 4.26. The monoisotopic (exact) mass is 248 g/mol. The highest BCUT2D eigenvalue weighted by atomic mass is 16.5. The molecule has 0 aliphatic rings. The average molecular weight is 248 g/mol. The van der Waals surface area contributed by atoms with Gasteiger partial charge in [0.1, 0.15) is 5.41 Å². The third kappa shape index (κ3) is 2.92. The topological polar surface area (TPSA) is 71.3 Å². The number of hydrogen-bond donors (Lipinski definition) is 1. The van der Waals surface area contributed by atoms with Crippen LogP contribution in [0.15, 0.2) is 18.2 Å². The predicted molar refractivity (Wildman–Crippen MR) is 67.6 cm³/mol. The van der Waals surface area contributed by atoms with Crippen LogP contribution in [0.2, 0.25) is 0 Å². The third-order valence-electron chi connectivity index (χ3n) is 2.49.